The minimum atomic E-state index is -1.19. The van der Waals surface area contributed by atoms with Gasteiger partial charge in [-0.1, -0.05) is 83.3 Å². The molecule has 0 bridgehead atoms. The minimum Gasteiger partial charge on any atom is -0.550 e. The van der Waals surface area contributed by atoms with Crippen LogP contribution in [0.1, 0.15) is 129 Å². The van der Waals surface area contributed by atoms with Gasteiger partial charge < -0.3 is 24.6 Å². The van der Waals surface area contributed by atoms with E-state index < -0.39 is 17.9 Å². The molecule has 0 aromatic rings. The Morgan fingerprint density at radius 2 is 0.972 bits per heavy atom. The van der Waals surface area contributed by atoms with E-state index in [1.165, 1.54) is 64.2 Å². The molecule has 0 saturated heterocycles. The highest BCUT2D eigenvalue weighted by atomic mass is 16.4. The second kappa shape index (κ2) is 23.5. The van der Waals surface area contributed by atoms with Gasteiger partial charge in [-0.15, -0.1) is 0 Å². The van der Waals surface area contributed by atoms with Crippen LogP contribution in [-0.4, -0.2) is 58.8 Å². The molecule has 7 nitrogen and oxygen atoms in total. The summed E-state index contributed by atoms with van der Waals surface area (Å²) in [5, 5.41) is 29.2. The predicted molar refractivity (Wildman–Crippen MR) is 143 cm³/mol. The SMILES string of the molecule is CCCCCCCCCCCC/C=C/CCCCCC[N+](CCC(=O)[O-])(CCC(=O)O)CCC(=O)O. The van der Waals surface area contributed by atoms with Gasteiger partial charge in [0.05, 0.1) is 39.0 Å². The minimum absolute atomic E-state index is 0.101. The van der Waals surface area contributed by atoms with Crippen LogP contribution in [0.4, 0.5) is 0 Å². The molecule has 0 atom stereocenters. The molecule has 0 amide bonds. The number of allylic oxidation sites excluding steroid dienone is 2. The van der Waals surface area contributed by atoms with E-state index in [2.05, 4.69) is 19.1 Å². The predicted octanol–water partition coefficient (Wildman–Crippen LogP) is 5.71. The summed E-state index contributed by atoms with van der Waals surface area (Å²) in [7, 11) is 0. The number of hydrogen-bond donors (Lipinski definition) is 2. The molecule has 0 radical (unpaired) electrons. The van der Waals surface area contributed by atoms with Crippen molar-refractivity contribution in [2.75, 3.05) is 26.2 Å². The lowest BCUT2D eigenvalue weighted by Crippen LogP contribution is -2.53. The second-order valence-corrected chi connectivity index (χ2v) is 10.3. The Balaban J connectivity index is 4.04. The highest BCUT2D eigenvalue weighted by Crippen LogP contribution is 2.16. The molecule has 0 saturated carbocycles. The van der Waals surface area contributed by atoms with E-state index in [4.69, 9.17) is 10.2 Å². The molecule has 0 rings (SSSR count). The summed E-state index contributed by atoms with van der Waals surface area (Å²) in [6.07, 6.45) is 23.9. The molecule has 0 aliphatic carbocycles. The third-order valence-corrected chi connectivity index (χ3v) is 7.03. The lowest BCUT2D eigenvalue weighted by molar-refractivity contribution is -0.927. The molecule has 2 N–H and O–H groups in total. The van der Waals surface area contributed by atoms with E-state index >= 15 is 0 Å². The number of carboxylic acid groups (broad SMARTS) is 3. The van der Waals surface area contributed by atoms with E-state index in [9.17, 15) is 19.5 Å². The summed E-state index contributed by atoms with van der Waals surface area (Å²) in [5.41, 5.74) is 0. The monoisotopic (exact) mass is 511 g/mol. The zero-order valence-corrected chi connectivity index (χ0v) is 22.9. The van der Waals surface area contributed by atoms with Gasteiger partial charge in [-0.2, -0.15) is 0 Å². The maximum Gasteiger partial charge on any atom is 0.309 e. The number of carbonyl (C=O) groups is 3. The molecular formula is C29H53NO6. The molecule has 0 aliphatic rings. The summed E-state index contributed by atoms with van der Waals surface area (Å²) in [4.78, 5) is 33.2. The first-order chi connectivity index (χ1) is 17.3. The molecule has 0 aromatic carbocycles. The van der Waals surface area contributed by atoms with Crippen molar-refractivity contribution in [3.63, 3.8) is 0 Å². The molecule has 0 heterocycles. The van der Waals surface area contributed by atoms with E-state index in [0.29, 0.717) is 6.54 Å². The zero-order chi connectivity index (χ0) is 26.9. The summed E-state index contributed by atoms with van der Waals surface area (Å²) >= 11 is 0. The molecule has 0 fully saturated rings. The molecule has 7 heteroatoms. The van der Waals surface area contributed by atoms with Crippen LogP contribution < -0.4 is 5.11 Å². The highest BCUT2D eigenvalue weighted by Gasteiger charge is 2.28. The van der Waals surface area contributed by atoms with Crippen molar-refractivity contribution in [3.05, 3.63) is 12.2 Å². The molecule has 0 aliphatic heterocycles. The molecule has 0 aromatic heterocycles. The fourth-order valence-electron chi connectivity index (χ4n) is 4.71. The van der Waals surface area contributed by atoms with Crippen molar-refractivity contribution in [3.8, 4) is 0 Å². The van der Waals surface area contributed by atoms with Crippen LogP contribution in [0.2, 0.25) is 0 Å². The molecule has 36 heavy (non-hydrogen) atoms. The molecule has 210 valence electrons. The third-order valence-electron chi connectivity index (χ3n) is 7.03. The maximum absolute atomic E-state index is 11.1. The van der Waals surface area contributed by atoms with Crippen LogP contribution in [0.25, 0.3) is 0 Å². The van der Waals surface area contributed by atoms with Crippen LogP contribution in [0, 0.1) is 0 Å². The van der Waals surface area contributed by atoms with E-state index in [0.717, 1.165) is 38.5 Å². The van der Waals surface area contributed by atoms with Crippen LogP contribution >= 0.6 is 0 Å². The number of unbranched alkanes of at least 4 members (excludes halogenated alkanes) is 14. The van der Waals surface area contributed by atoms with Crippen molar-refractivity contribution in [1.29, 1.82) is 0 Å². The van der Waals surface area contributed by atoms with Crippen molar-refractivity contribution in [1.82, 2.24) is 0 Å². The number of nitrogens with zero attached hydrogens (tertiary/aromatic N) is 1. The number of rotatable bonds is 27. The van der Waals surface area contributed by atoms with Crippen LogP contribution in [0.3, 0.4) is 0 Å². The summed E-state index contributed by atoms with van der Waals surface area (Å²) in [5.74, 6) is -3.09. The average molecular weight is 512 g/mol. The normalized spacial score (nSPS) is 11.8. The van der Waals surface area contributed by atoms with Gasteiger partial charge in [0.25, 0.3) is 0 Å². The van der Waals surface area contributed by atoms with E-state index in [-0.39, 0.29) is 43.4 Å². The molecule has 0 spiro atoms. The van der Waals surface area contributed by atoms with Crippen molar-refractivity contribution in [2.24, 2.45) is 0 Å². The summed E-state index contributed by atoms with van der Waals surface area (Å²) in [6.45, 7) is 3.56. The van der Waals surface area contributed by atoms with Crippen molar-refractivity contribution in [2.45, 2.75) is 129 Å². The lowest BCUT2D eigenvalue weighted by Gasteiger charge is -2.38. The quantitative estimate of drug-likeness (QED) is 0.0829. The topological polar surface area (TPSA) is 115 Å². The van der Waals surface area contributed by atoms with Crippen molar-refractivity contribution >= 4 is 17.9 Å². The first-order valence-electron chi connectivity index (χ1n) is 14.4. The standard InChI is InChI=1S/C29H53NO6/c1-2-3-4-5-6-7-8-9-10-11-12-13-14-15-16-17-18-19-23-30(24-20-27(31)32,25-21-28(33)34)26-22-29(35)36/h13-14H,2-12,15-26H2,1H3,(H2-,31,32,33,34,35,36)/b14-13+. The number of hydrogen-bond acceptors (Lipinski definition) is 4. The van der Waals surface area contributed by atoms with Gasteiger partial charge in [-0.05, 0) is 38.5 Å². The van der Waals surface area contributed by atoms with Gasteiger partial charge in [0.1, 0.15) is 0 Å². The molecule has 0 unspecified atom stereocenters. The lowest BCUT2D eigenvalue weighted by atomic mass is 10.1. The smallest absolute Gasteiger partial charge is 0.309 e. The number of carbonyl (C=O) groups excluding carboxylic acids is 1. The Bertz CT molecular complexity index is 559. The Labute approximate surface area is 219 Å². The fourth-order valence-corrected chi connectivity index (χ4v) is 4.71. The average Bonchev–Trinajstić information content (AvgIpc) is 2.83. The Morgan fingerprint density at radius 3 is 1.39 bits per heavy atom. The molecular weight excluding hydrogens is 458 g/mol. The number of quaternary nitrogens is 1. The number of aliphatic carboxylic acids is 3. The van der Waals surface area contributed by atoms with Gasteiger partial charge in [0.2, 0.25) is 0 Å². The fraction of sp³-hybridized carbons (Fsp3) is 0.828. The van der Waals surface area contributed by atoms with Crippen LogP contribution in [-0.2, 0) is 14.4 Å². The summed E-state index contributed by atoms with van der Waals surface area (Å²) < 4.78 is 0.214. The Morgan fingerprint density at radius 1 is 0.583 bits per heavy atom. The van der Waals surface area contributed by atoms with Crippen molar-refractivity contribution < 1.29 is 34.2 Å². The van der Waals surface area contributed by atoms with E-state index in [1.54, 1.807) is 0 Å². The van der Waals surface area contributed by atoms with Crippen LogP contribution in [0.15, 0.2) is 12.2 Å². The summed E-state index contributed by atoms with van der Waals surface area (Å²) in [6, 6.07) is 0. The van der Waals surface area contributed by atoms with Gasteiger partial charge in [-0.3, -0.25) is 9.59 Å². The first-order valence-corrected chi connectivity index (χ1v) is 14.4. The zero-order valence-electron chi connectivity index (χ0n) is 22.9. The van der Waals surface area contributed by atoms with Crippen LogP contribution in [0.5, 0.6) is 0 Å². The largest absolute Gasteiger partial charge is 0.550 e. The second-order valence-electron chi connectivity index (χ2n) is 10.3. The first kappa shape index (κ1) is 34.1. The van der Waals surface area contributed by atoms with Gasteiger partial charge in [-0.25, -0.2) is 0 Å². The van der Waals surface area contributed by atoms with Gasteiger partial charge in [0.15, 0.2) is 0 Å². The van der Waals surface area contributed by atoms with E-state index in [1.807, 2.05) is 0 Å². The Hall–Kier alpha value is -1.89. The number of carboxylic acids is 3. The Kier molecular flexibility index (Phi) is 22.3. The van der Waals surface area contributed by atoms with Gasteiger partial charge >= 0.3 is 11.9 Å². The maximum atomic E-state index is 11.1. The highest BCUT2D eigenvalue weighted by molar-refractivity contribution is 5.67. The van der Waals surface area contributed by atoms with Gasteiger partial charge in [0, 0.05) is 12.4 Å². The third kappa shape index (κ3) is 22.6.